The molecule has 10 heteroatoms. The van der Waals surface area contributed by atoms with Crippen LogP contribution < -0.4 is 0 Å². The Morgan fingerprint density at radius 3 is 2.12 bits per heavy atom. The number of nitro benzene ring substituents is 1. The van der Waals surface area contributed by atoms with E-state index >= 15 is 0 Å². The van der Waals surface area contributed by atoms with Crippen LogP contribution in [-0.2, 0) is 12.8 Å². The van der Waals surface area contributed by atoms with E-state index in [9.17, 15) is 18.5 Å². The molecule has 0 fully saturated rings. The quantitative estimate of drug-likeness (QED) is 0.358. The van der Waals surface area contributed by atoms with Crippen molar-refractivity contribution in [2.24, 2.45) is 0 Å². The summed E-state index contributed by atoms with van der Waals surface area (Å²) in [6.45, 7) is 0. The van der Waals surface area contributed by atoms with E-state index < -0.39 is 28.3 Å². The number of alkyl halides is 3. The SMILES string of the molecule is O=[N+]([O-])c1ccc(S(=O)(=O)Cl)c(C(Cl)(Cl)Cl)c1. The summed E-state index contributed by atoms with van der Waals surface area (Å²) in [6, 6.07) is 2.72. The molecule has 0 amide bonds. The van der Waals surface area contributed by atoms with Gasteiger partial charge in [-0.15, -0.1) is 0 Å². The van der Waals surface area contributed by atoms with Gasteiger partial charge in [0.15, 0.2) is 0 Å². The van der Waals surface area contributed by atoms with E-state index in [2.05, 4.69) is 0 Å². The van der Waals surface area contributed by atoms with Gasteiger partial charge < -0.3 is 0 Å². The number of hydrogen-bond acceptors (Lipinski definition) is 4. The van der Waals surface area contributed by atoms with Crippen LogP contribution in [-0.4, -0.2) is 13.3 Å². The van der Waals surface area contributed by atoms with Crippen molar-refractivity contribution in [3.63, 3.8) is 0 Å². The first-order chi connectivity index (χ1) is 7.53. The van der Waals surface area contributed by atoms with E-state index in [0.29, 0.717) is 0 Å². The summed E-state index contributed by atoms with van der Waals surface area (Å²) in [4.78, 5) is 9.31. The maximum Gasteiger partial charge on any atom is 0.269 e. The Morgan fingerprint density at radius 1 is 1.24 bits per heavy atom. The summed E-state index contributed by atoms with van der Waals surface area (Å²) in [5.74, 6) is 0. The third kappa shape index (κ3) is 3.59. The van der Waals surface area contributed by atoms with Gasteiger partial charge in [0.1, 0.15) is 0 Å². The Labute approximate surface area is 116 Å². The van der Waals surface area contributed by atoms with Crippen LogP contribution in [0.2, 0.25) is 0 Å². The van der Waals surface area contributed by atoms with Gasteiger partial charge in [-0.05, 0) is 6.07 Å². The third-order valence-electron chi connectivity index (χ3n) is 1.74. The van der Waals surface area contributed by atoms with Gasteiger partial charge in [-0.3, -0.25) is 10.1 Å². The first-order valence-electron chi connectivity index (χ1n) is 3.84. The van der Waals surface area contributed by atoms with Gasteiger partial charge in [0.2, 0.25) is 3.79 Å². The van der Waals surface area contributed by atoms with E-state index in [0.717, 1.165) is 18.2 Å². The fourth-order valence-corrected chi connectivity index (χ4v) is 2.81. The van der Waals surface area contributed by atoms with Crippen LogP contribution in [0.5, 0.6) is 0 Å². The second-order valence-corrected chi connectivity index (χ2v) is 7.69. The molecule has 0 aromatic heterocycles. The molecule has 0 aliphatic carbocycles. The molecule has 0 saturated heterocycles. The van der Waals surface area contributed by atoms with Gasteiger partial charge in [-0.2, -0.15) is 0 Å². The summed E-state index contributed by atoms with van der Waals surface area (Å²) in [5.41, 5.74) is -0.776. The summed E-state index contributed by atoms with van der Waals surface area (Å²) < 4.78 is 20.3. The number of benzene rings is 1. The smallest absolute Gasteiger partial charge is 0.258 e. The van der Waals surface area contributed by atoms with Gasteiger partial charge in [0.25, 0.3) is 14.7 Å². The Morgan fingerprint density at radius 2 is 1.76 bits per heavy atom. The van der Waals surface area contributed by atoms with Crippen LogP contribution in [0.4, 0.5) is 5.69 Å². The monoisotopic (exact) mass is 337 g/mol. The molecule has 0 aliphatic heterocycles. The van der Waals surface area contributed by atoms with Crippen LogP contribution in [0.3, 0.4) is 0 Å². The lowest BCUT2D eigenvalue weighted by Gasteiger charge is -2.14. The highest BCUT2D eigenvalue weighted by Crippen LogP contribution is 2.43. The lowest BCUT2D eigenvalue weighted by atomic mass is 10.2. The molecule has 0 radical (unpaired) electrons. The summed E-state index contributed by atoms with van der Waals surface area (Å²) in [6.07, 6.45) is 0. The molecule has 0 atom stereocenters. The zero-order valence-corrected chi connectivity index (χ0v) is 11.6. The molecule has 17 heavy (non-hydrogen) atoms. The van der Waals surface area contributed by atoms with Crippen molar-refractivity contribution >= 4 is 60.2 Å². The minimum atomic E-state index is -4.16. The first-order valence-corrected chi connectivity index (χ1v) is 7.28. The van der Waals surface area contributed by atoms with E-state index in [4.69, 9.17) is 45.5 Å². The molecular formula is C7H3Cl4NO4S. The topological polar surface area (TPSA) is 77.3 Å². The normalized spacial score (nSPS) is 12.5. The molecule has 1 rings (SSSR count). The Hall–Kier alpha value is -0.270. The fraction of sp³-hybridized carbons (Fsp3) is 0.143. The molecule has 0 saturated carbocycles. The van der Waals surface area contributed by atoms with Crippen molar-refractivity contribution in [2.75, 3.05) is 0 Å². The highest BCUT2D eigenvalue weighted by Gasteiger charge is 2.32. The van der Waals surface area contributed by atoms with Crippen LogP contribution >= 0.6 is 45.5 Å². The Bertz CT molecular complexity index is 566. The average Bonchev–Trinajstić information content (AvgIpc) is 2.14. The maximum atomic E-state index is 11.2. The molecule has 0 heterocycles. The molecule has 0 unspecified atom stereocenters. The van der Waals surface area contributed by atoms with Crippen molar-refractivity contribution in [3.8, 4) is 0 Å². The number of nitro groups is 1. The van der Waals surface area contributed by atoms with Crippen molar-refractivity contribution < 1.29 is 13.3 Å². The van der Waals surface area contributed by atoms with Crippen LogP contribution in [0.25, 0.3) is 0 Å². The molecule has 1 aromatic rings. The van der Waals surface area contributed by atoms with Gasteiger partial charge in [0, 0.05) is 28.4 Å². The zero-order chi connectivity index (χ0) is 13.4. The second kappa shape index (κ2) is 4.78. The minimum absolute atomic E-state index is 0.369. The van der Waals surface area contributed by atoms with Crippen LogP contribution in [0.1, 0.15) is 5.56 Å². The lowest BCUT2D eigenvalue weighted by molar-refractivity contribution is -0.385. The van der Waals surface area contributed by atoms with Crippen molar-refractivity contribution in [1.82, 2.24) is 0 Å². The number of hydrogen-bond donors (Lipinski definition) is 0. The van der Waals surface area contributed by atoms with Gasteiger partial charge in [-0.1, -0.05) is 34.8 Å². The molecule has 0 spiro atoms. The van der Waals surface area contributed by atoms with Crippen molar-refractivity contribution in [2.45, 2.75) is 8.69 Å². The van der Waals surface area contributed by atoms with E-state index in [1.165, 1.54) is 0 Å². The highest BCUT2D eigenvalue weighted by molar-refractivity contribution is 8.13. The third-order valence-corrected chi connectivity index (χ3v) is 3.73. The number of non-ortho nitro benzene ring substituents is 1. The van der Waals surface area contributed by atoms with Gasteiger partial charge >= 0.3 is 0 Å². The Balaban J connectivity index is 3.60. The van der Waals surface area contributed by atoms with Crippen LogP contribution in [0, 0.1) is 10.1 Å². The predicted octanol–water partition coefficient (Wildman–Crippen LogP) is 3.35. The summed E-state index contributed by atoms with van der Waals surface area (Å²) in [7, 11) is 0.965. The van der Waals surface area contributed by atoms with Crippen LogP contribution in [0.15, 0.2) is 23.1 Å². The molecule has 0 bridgehead atoms. The van der Waals surface area contributed by atoms with E-state index in [-0.39, 0.29) is 5.56 Å². The molecular weight excluding hydrogens is 336 g/mol. The molecule has 1 aromatic carbocycles. The van der Waals surface area contributed by atoms with Crippen molar-refractivity contribution in [1.29, 1.82) is 0 Å². The van der Waals surface area contributed by atoms with Crippen molar-refractivity contribution in [3.05, 3.63) is 33.9 Å². The molecule has 94 valence electrons. The van der Waals surface area contributed by atoms with E-state index in [1.807, 2.05) is 0 Å². The van der Waals surface area contributed by atoms with Gasteiger partial charge in [0.05, 0.1) is 9.82 Å². The highest BCUT2D eigenvalue weighted by atomic mass is 35.7. The van der Waals surface area contributed by atoms with Gasteiger partial charge in [-0.25, -0.2) is 8.42 Å². The first kappa shape index (κ1) is 14.8. The molecule has 5 nitrogen and oxygen atoms in total. The zero-order valence-electron chi connectivity index (χ0n) is 7.73. The lowest BCUT2D eigenvalue weighted by Crippen LogP contribution is -2.08. The summed E-state index contributed by atoms with van der Waals surface area (Å²) >= 11 is 16.6. The minimum Gasteiger partial charge on any atom is -0.258 e. The molecule has 0 aliphatic rings. The number of rotatable bonds is 2. The maximum absolute atomic E-state index is 11.2. The molecule has 0 N–H and O–H groups in total. The summed E-state index contributed by atoms with van der Waals surface area (Å²) in [5, 5.41) is 10.5. The van der Waals surface area contributed by atoms with E-state index in [1.54, 1.807) is 0 Å². The standard InChI is InChI=1S/C7H3Cl4NO4S/c8-7(9,10)5-3-4(12(13)14)1-2-6(5)17(11,15)16/h1-3H. The number of halogens is 4. The Kier molecular flexibility index (Phi) is 4.16. The second-order valence-electron chi connectivity index (χ2n) is 2.87. The number of nitrogens with zero attached hydrogens (tertiary/aromatic N) is 1. The fourth-order valence-electron chi connectivity index (χ4n) is 1.07. The predicted molar refractivity (Wildman–Crippen MR) is 65.4 cm³/mol. The average molecular weight is 339 g/mol. The largest absolute Gasteiger partial charge is 0.269 e.